The number of aromatic nitrogens is 6. The summed E-state index contributed by atoms with van der Waals surface area (Å²) in [7, 11) is 0. The number of carbonyl (C=O) groups is 1. The van der Waals surface area contributed by atoms with Crippen molar-refractivity contribution in [2.75, 3.05) is 11.2 Å². The minimum Gasteiger partial charge on any atom is -0.410 e. The van der Waals surface area contributed by atoms with Gasteiger partial charge in [0.15, 0.2) is 0 Å². The highest BCUT2D eigenvalue weighted by atomic mass is 32.2. The second kappa shape index (κ2) is 6.13. The van der Waals surface area contributed by atoms with E-state index in [2.05, 4.69) is 30.8 Å². The van der Waals surface area contributed by atoms with Gasteiger partial charge in [0, 0.05) is 6.20 Å². The first kappa shape index (κ1) is 13.2. The van der Waals surface area contributed by atoms with E-state index >= 15 is 0 Å². The fourth-order valence-electron chi connectivity index (χ4n) is 1.42. The fourth-order valence-corrected chi connectivity index (χ4v) is 1.98. The van der Waals surface area contributed by atoms with Crippen molar-refractivity contribution in [1.29, 1.82) is 0 Å². The van der Waals surface area contributed by atoms with Crippen molar-refractivity contribution in [1.82, 2.24) is 30.1 Å². The summed E-state index contributed by atoms with van der Waals surface area (Å²) < 4.78 is 6.78. The second-order valence-electron chi connectivity index (χ2n) is 3.78. The maximum absolute atomic E-state index is 11.6. The Hall–Kier alpha value is -2.75. The quantitative estimate of drug-likeness (QED) is 0.681. The molecule has 0 saturated heterocycles. The maximum Gasteiger partial charge on any atom is 0.277 e. The van der Waals surface area contributed by atoms with Gasteiger partial charge in [-0.25, -0.2) is 4.68 Å². The second-order valence-corrected chi connectivity index (χ2v) is 4.71. The molecule has 10 heteroatoms. The summed E-state index contributed by atoms with van der Waals surface area (Å²) in [4.78, 5) is 15.8. The van der Waals surface area contributed by atoms with Crippen molar-refractivity contribution in [2.24, 2.45) is 0 Å². The molecule has 106 valence electrons. The smallest absolute Gasteiger partial charge is 0.277 e. The van der Waals surface area contributed by atoms with Gasteiger partial charge in [0.1, 0.15) is 18.3 Å². The van der Waals surface area contributed by atoms with E-state index in [4.69, 9.17) is 4.42 Å². The Morgan fingerprint density at radius 3 is 2.90 bits per heavy atom. The summed E-state index contributed by atoms with van der Waals surface area (Å²) in [6, 6.07) is 5.39. The van der Waals surface area contributed by atoms with Crippen molar-refractivity contribution in [3.05, 3.63) is 37.1 Å². The van der Waals surface area contributed by atoms with Crippen molar-refractivity contribution >= 4 is 17.7 Å². The number of nitrogens with one attached hydrogen (secondary N) is 1. The normalized spacial score (nSPS) is 10.5. The van der Waals surface area contributed by atoms with Crippen LogP contribution in [0.5, 0.6) is 0 Å². The van der Waals surface area contributed by atoms with E-state index < -0.39 is 0 Å². The first-order chi connectivity index (χ1) is 10.3. The van der Waals surface area contributed by atoms with Crippen molar-refractivity contribution in [3.63, 3.8) is 0 Å². The van der Waals surface area contributed by atoms with E-state index in [1.165, 1.54) is 17.3 Å². The summed E-state index contributed by atoms with van der Waals surface area (Å²) in [6.45, 7) is 0. The van der Waals surface area contributed by atoms with Crippen LogP contribution in [0, 0.1) is 0 Å². The van der Waals surface area contributed by atoms with E-state index in [9.17, 15) is 4.79 Å². The van der Waals surface area contributed by atoms with E-state index in [1.54, 1.807) is 18.3 Å². The molecule has 1 amide bonds. The molecule has 0 bridgehead atoms. The van der Waals surface area contributed by atoms with Gasteiger partial charge in [-0.15, -0.1) is 20.4 Å². The molecule has 3 aromatic heterocycles. The molecule has 9 nitrogen and oxygen atoms in total. The molecule has 0 aliphatic rings. The van der Waals surface area contributed by atoms with Gasteiger partial charge in [-0.1, -0.05) is 17.8 Å². The maximum atomic E-state index is 11.6. The monoisotopic (exact) mass is 303 g/mol. The lowest BCUT2D eigenvalue weighted by molar-refractivity contribution is -0.114. The third-order valence-corrected chi connectivity index (χ3v) is 3.11. The number of hydrogen-bond acceptors (Lipinski definition) is 8. The molecule has 0 aliphatic carbocycles. The molecule has 0 saturated carbocycles. The van der Waals surface area contributed by atoms with Crippen LogP contribution in [0.3, 0.4) is 0 Å². The molecule has 0 aliphatic heterocycles. The molecular weight excluding hydrogens is 294 g/mol. The SMILES string of the molecule is O=C(CSc1nnc(-c2ccccn2)o1)Nn1cnnc1. The first-order valence-electron chi connectivity index (χ1n) is 5.83. The molecule has 0 unspecified atom stereocenters. The van der Waals surface area contributed by atoms with Gasteiger partial charge in [-0.05, 0) is 12.1 Å². The fraction of sp³-hybridized carbons (Fsp3) is 0.0909. The van der Waals surface area contributed by atoms with E-state index in [1.807, 2.05) is 6.07 Å². The van der Waals surface area contributed by atoms with Crippen molar-refractivity contribution in [3.8, 4) is 11.6 Å². The molecule has 3 rings (SSSR count). The van der Waals surface area contributed by atoms with Gasteiger partial charge >= 0.3 is 0 Å². The predicted molar refractivity (Wildman–Crippen MR) is 72.6 cm³/mol. The Labute approximate surface area is 122 Å². The zero-order chi connectivity index (χ0) is 14.5. The van der Waals surface area contributed by atoms with Gasteiger partial charge in [-0.3, -0.25) is 15.2 Å². The number of hydrogen-bond donors (Lipinski definition) is 1. The lowest BCUT2D eigenvalue weighted by atomic mass is 10.3. The highest BCUT2D eigenvalue weighted by Crippen LogP contribution is 2.21. The van der Waals surface area contributed by atoms with Crippen LogP contribution < -0.4 is 5.43 Å². The number of amides is 1. The summed E-state index contributed by atoms with van der Waals surface area (Å²) in [5.74, 6) is 0.205. The standard InChI is InChI=1S/C11H9N7O2S/c19-9(17-18-6-13-14-7-18)5-21-11-16-15-10(20-11)8-3-1-2-4-12-8/h1-4,6-7H,5H2,(H,17,19). The molecule has 21 heavy (non-hydrogen) atoms. The third kappa shape index (κ3) is 3.42. The van der Waals surface area contributed by atoms with Crippen LogP contribution in [0.1, 0.15) is 0 Å². The Morgan fingerprint density at radius 2 is 2.14 bits per heavy atom. The predicted octanol–water partition coefficient (Wildman–Crippen LogP) is 0.586. The van der Waals surface area contributed by atoms with Gasteiger partial charge in [0.2, 0.25) is 5.91 Å². The third-order valence-electron chi connectivity index (χ3n) is 2.29. The molecule has 0 fully saturated rings. The van der Waals surface area contributed by atoms with Crippen molar-refractivity contribution in [2.45, 2.75) is 5.22 Å². The largest absolute Gasteiger partial charge is 0.410 e. The van der Waals surface area contributed by atoms with Gasteiger partial charge in [0.05, 0.1) is 5.75 Å². The van der Waals surface area contributed by atoms with Crippen LogP contribution in [-0.2, 0) is 4.79 Å². The average Bonchev–Trinajstić information content (AvgIpc) is 3.17. The number of rotatable bonds is 5. The van der Waals surface area contributed by atoms with Crippen LogP contribution in [0.15, 0.2) is 46.7 Å². The average molecular weight is 303 g/mol. The first-order valence-corrected chi connectivity index (χ1v) is 6.82. The zero-order valence-electron chi connectivity index (χ0n) is 10.6. The number of thioether (sulfide) groups is 1. The minimum atomic E-state index is -0.239. The molecule has 0 spiro atoms. The van der Waals surface area contributed by atoms with Crippen LogP contribution in [0.4, 0.5) is 0 Å². The van der Waals surface area contributed by atoms with Crippen molar-refractivity contribution < 1.29 is 9.21 Å². The Kier molecular flexibility index (Phi) is 3.87. The number of pyridine rings is 1. The molecule has 0 radical (unpaired) electrons. The van der Waals surface area contributed by atoms with E-state index in [0.29, 0.717) is 16.8 Å². The summed E-state index contributed by atoms with van der Waals surface area (Å²) in [5.41, 5.74) is 3.15. The number of nitrogens with zero attached hydrogens (tertiary/aromatic N) is 6. The summed E-state index contributed by atoms with van der Waals surface area (Å²) in [5, 5.41) is 15.2. The van der Waals surface area contributed by atoms with E-state index in [0.717, 1.165) is 11.8 Å². The lowest BCUT2D eigenvalue weighted by Crippen LogP contribution is -2.23. The van der Waals surface area contributed by atoms with Gasteiger partial charge < -0.3 is 4.42 Å². The van der Waals surface area contributed by atoms with Crippen LogP contribution >= 0.6 is 11.8 Å². The minimum absolute atomic E-state index is 0.127. The Balaban J connectivity index is 1.56. The summed E-state index contributed by atoms with van der Waals surface area (Å²) in [6.07, 6.45) is 4.40. The van der Waals surface area contributed by atoms with Gasteiger partial charge in [0.25, 0.3) is 11.1 Å². The molecular formula is C11H9N7O2S. The van der Waals surface area contributed by atoms with E-state index in [-0.39, 0.29) is 11.7 Å². The van der Waals surface area contributed by atoms with Gasteiger partial charge in [-0.2, -0.15) is 0 Å². The molecule has 0 aromatic carbocycles. The number of carbonyl (C=O) groups excluding carboxylic acids is 1. The van der Waals surface area contributed by atoms with Crippen LogP contribution in [0.2, 0.25) is 0 Å². The van der Waals surface area contributed by atoms with Crippen LogP contribution in [-0.4, -0.2) is 41.7 Å². The molecule has 1 N–H and O–H groups in total. The van der Waals surface area contributed by atoms with Crippen LogP contribution in [0.25, 0.3) is 11.6 Å². The molecule has 3 aromatic rings. The zero-order valence-corrected chi connectivity index (χ0v) is 11.4. The molecule has 3 heterocycles. The Morgan fingerprint density at radius 1 is 1.29 bits per heavy atom. The topological polar surface area (TPSA) is 112 Å². The highest BCUT2D eigenvalue weighted by Gasteiger charge is 2.11. The highest BCUT2D eigenvalue weighted by molar-refractivity contribution is 7.99. The molecule has 0 atom stereocenters. The Bertz CT molecular complexity index is 713. The summed E-state index contributed by atoms with van der Waals surface area (Å²) >= 11 is 1.13. The lowest BCUT2D eigenvalue weighted by Gasteiger charge is -2.01.